The van der Waals surface area contributed by atoms with Crippen molar-refractivity contribution in [1.82, 2.24) is 9.78 Å². The Morgan fingerprint density at radius 2 is 2.36 bits per heavy atom. The van der Waals surface area contributed by atoms with E-state index in [9.17, 15) is 14.8 Å². The van der Waals surface area contributed by atoms with Gasteiger partial charge in [-0.1, -0.05) is 0 Å². The lowest BCUT2D eigenvalue weighted by Crippen LogP contribution is -2.06. The Morgan fingerprint density at radius 3 is 2.86 bits per heavy atom. The molecule has 0 radical (unpaired) electrons. The van der Waals surface area contributed by atoms with E-state index in [1.165, 1.54) is 7.05 Å². The Morgan fingerprint density at radius 1 is 1.71 bits per heavy atom. The first-order chi connectivity index (χ1) is 6.61. The van der Waals surface area contributed by atoms with Crippen molar-refractivity contribution < 1.29 is 14.6 Å². The van der Waals surface area contributed by atoms with Gasteiger partial charge in [0, 0.05) is 7.05 Å². The van der Waals surface area contributed by atoms with E-state index in [0.717, 1.165) is 4.68 Å². The van der Waals surface area contributed by atoms with Crippen LogP contribution in [-0.4, -0.2) is 27.5 Å². The first-order valence-electron chi connectivity index (χ1n) is 3.88. The molecule has 76 valence electrons. The summed E-state index contributed by atoms with van der Waals surface area (Å²) >= 11 is 0. The molecule has 0 aliphatic carbocycles. The zero-order valence-corrected chi connectivity index (χ0v) is 7.72. The minimum Gasteiger partial charge on any atom is -0.492 e. The number of esters is 1. The average molecular weight is 199 g/mol. The Balaban J connectivity index is 3.14. The Labute approximate surface area is 79.3 Å². The summed E-state index contributed by atoms with van der Waals surface area (Å²) in [4.78, 5) is 21.5. The average Bonchev–Trinajstić information content (AvgIpc) is 2.44. The van der Waals surface area contributed by atoms with Crippen molar-refractivity contribution in [3.63, 3.8) is 0 Å². The van der Waals surface area contributed by atoms with Crippen LogP contribution in [0.2, 0.25) is 0 Å². The molecule has 7 heteroatoms. The van der Waals surface area contributed by atoms with Crippen LogP contribution in [0.4, 0.5) is 5.69 Å². The van der Waals surface area contributed by atoms with Crippen LogP contribution in [0.3, 0.4) is 0 Å². The van der Waals surface area contributed by atoms with Gasteiger partial charge in [-0.05, 0) is 12.1 Å². The molecule has 1 aromatic heterocycles. The second kappa shape index (κ2) is 3.86. The monoisotopic (exact) mass is 199 g/mol. The second-order valence-corrected chi connectivity index (χ2v) is 2.46. The summed E-state index contributed by atoms with van der Waals surface area (Å²) in [6.45, 7) is 1.78. The van der Waals surface area contributed by atoms with E-state index in [2.05, 4.69) is 15.0 Å². The number of nitroso groups, excluding NO2 is 1. The maximum atomic E-state index is 11.2. The number of carbonyl (C=O) groups excluding carboxylic acids is 1. The minimum atomic E-state index is -0.780. The third-order valence-electron chi connectivity index (χ3n) is 1.55. The van der Waals surface area contributed by atoms with Crippen molar-refractivity contribution in [3.8, 4) is 5.88 Å². The van der Waals surface area contributed by atoms with E-state index in [0.29, 0.717) is 0 Å². The van der Waals surface area contributed by atoms with E-state index >= 15 is 0 Å². The van der Waals surface area contributed by atoms with Gasteiger partial charge in [0.2, 0.25) is 17.3 Å². The zero-order chi connectivity index (χ0) is 10.7. The van der Waals surface area contributed by atoms with Crippen LogP contribution in [0.25, 0.3) is 0 Å². The van der Waals surface area contributed by atoms with Crippen LogP contribution in [0, 0.1) is 4.91 Å². The van der Waals surface area contributed by atoms with Crippen LogP contribution < -0.4 is 0 Å². The number of ether oxygens (including phenoxy) is 1. The lowest BCUT2D eigenvalue weighted by Gasteiger charge is -1.96. The van der Waals surface area contributed by atoms with Crippen LogP contribution in [0.15, 0.2) is 5.18 Å². The third-order valence-corrected chi connectivity index (χ3v) is 1.55. The van der Waals surface area contributed by atoms with Crippen LogP contribution >= 0.6 is 0 Å². The Hall–Kier alpha value is -1.92. The number of rotatable bonds is 3. The normalized spacial score (nSPS) is 9.86. The second-order valence-electron chi connectivity index (χ2n) is 2.46. The number of aryl methyl sites for hydroxylation is 1. The van der Waals surface area contributed by atoms with Gasteiger partial charge in [-0.3, -0.25) is 0 Å². The topological polar surface area (TPSA) is 93.8 Å². The van der Waals surface area contributed by atoms with E-state index in [-0.39, 0.29) is 12.3 Å². The smallest absolute Gasteiger partial charge is 0.361 e. The van der Waals surface area contributed by atoms with Gasteiger partial charge in [-0.2, -0.15) is 5.10 Å². The molecule has 0 bridgehead atoms. The first kappa shape index (κ1) is 10.2. The molecule has 14 heavy (non-hydrogen) atoms. The van der Waals surface area contributed by atoms with Crippen molar-refractivity contribution in [3.05, 3.63) is 10.6 Å². The lowest BCUT2D eigenvalue weighted by molar-refractivity contribution is 0.0519. The number of nitrogens with zero attached hydrogens (tertiary/aromatic N) is 3. The molecule has 0 aliphatic heterocycles. The van der Waals surface area contributed by atoms with Crippen LogP contribution in [0.5, 0.6) is 5.88 Å². The minimum absolute atomic E-state index is 0.161. The molecule has 0 atom stereocenters. The predicted molar refractivity (Wildman–Crippen MR) is 46.3 cm³/mol. The molecule has 1 rings (SSSR count). The molecule has 0 unspecified atom stereocenters. The summed E-state index contributed by atoms with van der Waals surface area (Å²) < 4.78 is 5.59. The highest BCUT2D eigenvalue weighted by atomic mass is 16.5. The molecule has 0 fully saturated rings. The molecule has 0 spiro atoms. The molecule has 0 amide bonds. The lowest BCUT2D eigenvalue weighted by atomic mass is 10.4. The van der Waals surface area contributed by atoms with Gasteiger partial charge < -0.3 is 9.84 Å². The van der Waals surface area contributed by atoms with Gasteiger partial charge in [-0.15, -0.1) is 4.91 Å². The van der Waals surface area contributed by atoms with Gasteiger partial charge in [0.15, 0.2) is 0 Å². The van der Waals surface area contributed by atoms with Gasteiger partial charge in [0.1, 0.15) is 0 Å². The molecule has 0 saturated carbocycles. The van der Waals surface area contributed by atoms with Crippen molar-refractivity contribution >= 4 is 11.7 Å². The largest absolute Gasteiger partial charge is 0.492 e. The quantitative estimate of drug-likeness (QED) is 0.571. The van der Waals surface area contributed by atoms with E-state index in [1.54, 1.807) is 6.92 Å². The Kier molecular flexibility index (Phi) is 2.80. The molecule has 1 aromatic rings. The molecule has 0 saturated heterocycles. The summed E-state index contributed by atoms with van der Waals surface area (Å²) in [7, 11) is 1.38. The van der Waals surface area contributed by atoms with E-state index < -0.39 is 17.5 Å². The van der Waals surface area contributed by atoms with E-state index in [4.69, 9.17) is 0 Å². The Bertz CT molecular complexity index is 371. The van der Waals surface area contributed by atoms with Crippen LogP contribution in [-0.2, 0) is 11.8 Å². The zero-order valence-electron chi connectivity index (χ0n) is 7.72. The molecule has 1 heterocycles. The number of aromatic nitrogens is 2. The van der Waals surface area contributed by atoms with Crippen molar-refractivity contribution in [2.45, 2.75) is 6.92 Å². The number of hydrogen-bond acceptors (Lipinski definition) is 6. The van der Waals surface area contributed by atoms with Gasteiger partial charge in [0.05, 0.1) is 6.61 Å². The van der Waals surface area contributed by atoms with Crippen molar-refractivity contribution in [2.24, 2.45) is 12.2 Å². The summed E-state index contributed by atoms with van der Waals surface area (Å²) in [6.07, 6.45) is 0. The van der Waals surface area contributed by atoms with E-state index in [1.807, 2.05) is 0 Å². The summed E-state index contributed by atoms with van der Waals surface area (Å²) in [5.74, 6) is -1.24. The highest BCUT2D eigenvalue weighted by Crippen LogP contribution is 2.29. The summed E-state index contributed by atoms with van der Waals surface area (Å²) in [5.41, 5.74) is -0.673. The highest BCUT2D eigenvalue weighted by Gasteiger charge is 2.23. The molecule has 0 aliphatic rings. The van der Waals surface area contributed by atoms with Gasteiger partial charge in [0.25, 0.3) is 0 Å². The fourth-order valence-corrected chi connectivity index (χ4v) is 0.925. The van der Waals surface area contributed by atoms with Crippen molar-refractivity contribution in [2.75, 3.05) is 6.61 Å². The van der Waals surface area contributed by atoms with Crippen molar-refractivity contribution in [1.29, 1.82) is 0 Å². The maximum Gasteiger partial charge on any atom is 0.361 e. The maximum absolute atomic E-state index is 11.2. The van der Waals surface area contributed by atoms with Gasteiger partial charge >= 0.3 is 5.97 Å². The molecular formula is C7H9N3O4. The summed E-state index contributed by atoms with van der Waals surface area (Å²) in [6, 6.07) is 0. The number of carbonyl (C=O) groups is 1. The number of aromatic hydroxyl groups is 1. The number of hydrogen-bond donors (Lipinski definition) is 1. The van der Waals surface area contributed by atoms with Crippen LogP contribution in [0.1, 0.15) is 17.4 Å². The molecular weight excluding hydrogens is 190 g/mol. The summed E-state index contributed by atoms with van der Waals surface area (Å²) in [5, 5.41) is 15.3. The molecule has 7 nitrogen and oxygen atoms in total. The first-order valence-corrected chi connectivity index (χ1v) is 3.88. The highest BCUT2D eigenvalue weighted by molar-refractivity contribution is 5.93. The third kappa shape index (κ3) is 1.56. The standard InChI is InChI=1S/C7H9N3O4/c1-3-14-7(12)5-4(9-13)6(11)10(2)8-5/h11H,3H2,1-2H3. The fraction of sp³-hybridized carbons (Fsp3) is 0.429. The molecule has 0 aromatic carbocycles. The predicted octanol–water partition coefficient (Wildman–Crippen LogP) is 0.700. The fourth-order valence-electron chi connectivity index (χ4n) is 0.925. The molecule has 1 N–H and O–H groups in total. The van der Waals surface area contributed by atoms with Gasteiger partial charge in [-0.25, -0.2) is 9.48 Å². The SMILES string of the molecule is CCOC(=O)c1nn(C)c(O)c1N=O.